The van der Waals surface area contributed by atoms with Crippen molar-refractivity contribution in [1.82, 2.24) is 0 Å². The van der Waals surface area contributed by atoms with Gasteiger partial charge in [-0.15, -0.1) is 0 Å². The molecule has 4 N–H and O–H groups in total. The Morgan fingerprint density at radius 2 is 1.84 bits per heavy atom. The van der Waals surface area contributed by atoms with Gasteiger partial charge in [0.15, 0.2) is 0 Å². The summed E-state index contributed by atoms with van der Waals surface area (Å²) in [6.07, 6.45) is 0. The van der Waals surface area contributed by atoms with Crippen molar-refractivity contribution in [2.24, 2.45) is 0 Å². The number of nitrogen functional groups attached to an aromatic ring is 1. The molecule has 0 spiro atoms. The number of benzene rings is 2. The number of nitrogens with two attached hydrogens (primary N) is 1. The lowest BCUT2D eigenvalue weighted by Gasteiger charge is -2.11. The fourth-order valence-corrected chi connectivity index (χ4v) is 1.62. The number of methoxy groups -OCH3 is 1. The van der Waals surface area contributed by atoms with E-state index in [0.717, 1.165) is 5.69 Å². The maximum Gasteiger partial charge on any atom is 0.323 e. The zero-order chi connectivity index (χ0) is 13.7. The third kappa shape index (κ3) is 3.38. The largest absolute Gasteiger partial charge is 0.494 e. The quantitative estimate of drug-likeness (QED) is 0.740. The highest BCUT2D eigenvalue weighted by Crippen LogP contribution is 2.26. The monoisotopic (exact) mass is 257 g/mol. The Morgan fingerprint density at radius 3 is 2.53 bits per heavy atom. The van der Waals surface area contributed by atoms with E-state index in [1.54, 1.807) is 30.3 Å². The number of ether oxygens (including phenoxy) is 1. The van der Waals surface area contributed by atoms with Crippen LogP contribution in [0.25, 0.3) is 0 Å². The molecule has 5 nitrogen and oxygen atoms in total. The number of hydrogen-bond acceptors (Lipinski definition) is 3. The third-order valence-corrected chi connectivity index (χ3v) is 2.51. The normalized spacial score (nSPS) is 9.74. The maximum absolute atomic E-state index is 11.8. The standard InChI is InChI=1S/C14H15N3O2/c1-19-13-9-10(15)7-8-12(13)17-14(18)16-11-5-3-2-4-6-11/h2-9H,15H2,1H3,(H2,16,17,18). The zero-order valence-corrected chi connectivity index (χ0v) is 10.5. The number of hydrogen-bond donors (Lipinski definition) is 3. The lowest BCUT2D eigenvalue weighted by atomic mass is 10.2. The van der Waals surface area contributed by atoms with Crippen molar-refractivity contribution in [3.05, 3.63) is 48.5 Å². The van der Waals surface area contributed by atoms with Crippen molar-refractivity contribution in [2.45, 2.75) is 0 Å². The molecule has 0 atom stereocenters. The van der Waals surface area contributed by atoms with E-state index in [1.165, 1.54) is 7.11 Å². The van der Waals surface area contributed by atoms with Gasteiger partial charge in [0.2, 0.25) is 0 Å². The van der Waals surface area contributed by atoms with E-state index >= 15 is 0 Å². The topological polar surface area (TPSA) is 76.4 Å². The minimum atomic E-state index is -0.339. The lowest BCUT2D eigenvalue weighted by Crippen LogP contribution is -2.19. The molecule has 2 amide bonds. The van der Waals surface area contributed by atoms with Gasteiger partial charge in [0.25, 0.3) is 0 Å². The second-order valence-corrected chi connectivity index (χ2v) is 3.90. The highest BCUT2D eigenvalue weighted by atomic mass is 16.5. The molecule has 0 aliphatic rings. The van der Waals surface area contributed by atoms with E-state index < -0.39 is 0 Å². The van der Waals surface area contributed by atoms with Crippen molar-refractivity contribution in [3.63, 3.8) is 0 Å². The molecule has 0 aliphatic carbocycles. The molecule has 0 bridgehead atoms. The van der Waals surface area contributed by atoms with Gasteiger partial charge in [-0.3, -0.25) is 0 Å². The summed E-state index contributed by atoms with van der Waals surface area (Å²) in [4.78, 5) is 11.8. The van der Waals surface area contributed by atoms with Crippen LogP contribution < -0.4 is 21.1 Å². The fourth-order valence-electron chi connectivity index (χ4n) is 1.62. The Kier molecular flexibility index (Phi) is 3.87. The number of urea groups is 1. The minimum absolute atomic E-state index is 0.339. The van der Waals surface area contributed by atoms with Crippen LogP contribution >= 0.6 is 0 Å². The third-order valence-electron chi connectivity index (χ3n) is 2.51. The summed E-state index contributed by atoms with van der Waals surface area (Å²) in [5.41, 5.74) is 7.50. The van der Waals surface area contributed by atoms with E-state index in [0.29, 0.717) is 17.1 Å². The highest BCUT2D eigenvalue weighted by Gasteiger charge is 2.07. The van der Waals surface area contributed by atoms with Crippen LogP contribution in [-0.4, -0.2) is 13.1 Å². The van der Waals surface area contributed by atoms with Gasteiger partial charge in [-0.05, 0) is 24.3 Å². The maximum atomic E-state index is 11.8. The fraction of sp³-hybridized carbons (Fsp3) is 0.0714. The number of rotatable bonds is 3. The van der Waals surface area contributed by atoms with Crippen LogP contribution in [0.3, 0.4) is 0 Å². The molecule has 2 rings (SSSR count). The molecule has 98 valence electrons. The van der Waals surface area contributed by atoms with Crippen LogP contribution in [0.15, 0.2) is 48.5 Å². The number of amides is 2. The predicted molar refractivity (Wildman–Crippen MR) is 76.5 cm³/mol. The van der Waals surface area contributed by atoms with Gasteiger partial charge in [0, 0.05) is 17.4 Å². The zero-order valence-electron chi connectivity index (χ0n) is 10.5. The van der Waals surface area contributed by atoms with E-state index in [4.69, 9.17) is 10.5 Å². The summed E-state index contributed by atoms with van der Waals surface area (Å²) in [6, 6.07) is 13.9. The Bertz CT molecular complexity index is 570. The Balaban J connectivity index is 2.07. The molecular weight excluding hydrogens is 242 g/mol. The van der Waals surface area contributed by atoms with Crippen LogP contribution in [0.1, 0.15) is 0 Å². The van der Waals surface area contributed by atoms with E-state index in [2.05, 4.69) is 10.6 Å². The van der Waals surface area contributed by atoms with Gasteiger partial charge < -0.3 is 21.1 Å². The summed E-state index contributed by atoms with van der Waals surface area (Å²) >= 11 is 0. The van der Waals surface area contributed by atoms with Crippen molar-refractivity contribution in [2.75, 3.05) is 23.5 Å². The first-order valence-corrected chi connectivity index (χ1v) is 5.75. The second-order valence-electron chi connectivity index (χ2n) is 3.90. The number of para-hydroxylation sites is 1. The molecule has 0 aliphatic heterocycles. The van der Waals surface area contributed by atoms with E-state index in [9.17, 15) is 4.79 Å². The Morgan fingerprint density at radius 1 is 1.11 bits per heavy atom. The van der Waals surface area contributed by atoms with Crippen molar-refractivity contribution in [1.29, 1.82) is 0 Å². The van der Waals surface area contributed by atoms with Gasteiger partial charge in [-0.2, -0.15) is 0 Å². The summed E-state index contributed by atoms with van der Waals surface area (Å²) in [6.45, 7) is 0. The smallest absolute Gasteiger partial charge is 0.323 e. The van der Waals surface area contributed by atoms with Gasteiger partial charge in [-0.1, -0.05) is 18.2 Å². The number of carbonyl (C=O) groups excluding carboxylic acids is 1. The predicted octanol–water partition coefficient (Wildman–Crippen LogP) is 2.92. The van der Waals surface area contributed by atoms with Crippen LogP contribution in [0.4, 0.5) is 21.9 Å². The summed E-state index contributed by atoms with van der Waals surface area (Å²) in [5, 5.41) is 5.43. The average molecular weight is 257 g/mol. The number of anilines is 3. The van der Waals surface area contributed by atoms with Crippen molar-refractivity contribution >= 4 is 23.1 Å². The summed E-state index contributed by atoms with van der Waals surface area (Å²) in [7, 11) is 1.52. The first-order valence-electron chi connectivity index (χ1n) is 5.75. The highest BCUT2D eigenvalue weighted by molar-refractivity contribution is 6.00. The first-order chi connectivity index (χ1) is 9.19. The molecule has 2 aromatic rings. The van der Waals surface area contributed by atoms with Crippen LogP contribution in [0.5, 0.6) is 5.75 Å². The molecule has 0 aromatic heterocycles. The molecule has 19 heavy (non-hydrogen) atoms. The number of carbonyl (C=O) groups is 1. The molecule has 5 heteroatoms. The van der Waals surface area contributed by atoms with Crippen LogP contribution in [0, 0.1) is 0 Å². The number of nitrogens with one attached hydrogen (secondary N) is 2. The summed E-state index contributed by atoms with van der Waals surface area (Å²) < 4.78 is 5.15. The van der Waals surface area contributed by atoms with E-state index in [1.807, 2.05) is 18.2 Å². The van der Waals surface area contributed by atoms with Gasteiger partial charge in [-0.25, -0.2) is 4.79 Å². The Labute approximate surface area is 111 Å². The van der Waals surface area contributed by atoms with Gasteiger partial charge in [0.1, 0.15) is 5.75 Å². The molecular formula is C14H15N3O2. The lowest BCUT2D eigenvalue weighted by molar-refractivity contribution is 0.262. The van der Waals surface area contributed by atoms with Crippen molar-refractivity contribution in [3.8, 4) is 5.75 Å². The van der Waals surface area contributed by atoms with Crippen LogP contribution in [0.2, 0.25) is 0 Å². The minimum Gasteiger partial charge on any atom is -0.494 e. The summed E-state index contributed by atoms with van der Waals surface area (Å²) in [5.74, 6) is 0.517. The van der Waals surface area contributed by atoms with Crippen molar-refractivity contribution < 1.29 is 9.53 Å². The molecule has 0 unspecified atom stereocenters. The molecule has 0 saturated heterocycles. The molecule has 0 radical (unpaired) electrons. The SMILES string of the molecule is COc1cc(N)ccc1NC(=O)Nc1ccccc1. The molecule has 0 heterocycles. The molecule has 0 saturated carbocycles. The molecule has 2 aromatic carbocycles. The average Bonchev–Trinajstić information content (AvgIpc) is 2.42. The van der Waals surface area contributed by atoms with Gasteiger partial charge >= 0.3 is 6.03 Å². The van der Waals surface area contributed by atoms with E-state index in [-0.39, 0.29) is 6.03 Å². The van der Waals surface area contributed by atoms with Crippen LogP contribution in [-0.2, 0) is 0 Å². The van der Waals surface area contributed by atoms with Gasteiger partial charge in [0.05, 0.1) is 12.8 Å². The Hall–Kier alpha value is -2.69. The first kappa shape index (κ1) is 12.8. The molecule has 0 fully saturated rings. The second kappa shape index (κ2) is 5.77.